The van der Waals surface area contributed by atoms with Crippen molar-refractivity contribution in [3.8, 4) is 0 Å². The molecule has 0 spiro atoms. The van der Waals surface area contributed by atoms with Crippen LogP contribution in [-0.4, -0.2) is 28.9 Å². The van der Waals surface area contributed by atoms with E-state index in [-0.39, 0.29) is 11.3 Å². The summed E-state index contributed by atoms with van der Waals surface area (Å²) in [5, 5.41) is 2.99. The number of hydrogen-bond donors (Lipinski definition) is 1. The van der Waals surface area contributed by atoms with Gasteiger partial charge in [0, 0.05) is 12.4 Å². The van der Waals surface area contributed by atoms with Crippen LogP contribution in [-0.2, 0) is 11.3 Å². The summed E-state index contributed by atoms with van der Waals surface area (Å²) in [6, 6.07) is -0.479. The molecule has 0 aliphatic rings. The van der Waals surface area contributed by atoms with Gasteiger partial charge in [-0.25, -0.2) is 4.98 Å². The van der Waals surface area contributed by atoms with Crippen molar-refractivity contribution in [2.75, 3.05) is 7.05 Å². The summed E-state index contributed by atoms with van der Waals surface area (Å²) in [7, 11) is 1.77. The Morgan fingerprint density at radius 2 is 2.18 bits per heavy atom. The van der Waals surface area contributed by atoms with Gasteiger partial charge >= 0.3 is 0 Å². The molecular formula is C12H21N3OS. The SMILES string of the molecule is Cc1nc(CN(C)C(=O)[C@H](N)C(C)(C)C)cs1. The molecule has 0 fully saturated rings. The normalized spacial score (nSPS) is 13.5. The molecule has 0 unspecified atom stereocenters. The molecule has 4 nitrogen and oxygen atoms in total. The molecular weight excluding hydrogens is 234 g/mol. The summed E-state index contributed by atoms with van der Waals surface area (Å²) in [6.45, 7) is 8.38. The summed E-state index contributed by atoms with van der Waals surface area (Å²) in [5.74, 6) is -0.0387. The van der Waals surface area contributed by atoms with Crippen molar-refractivity contribution in [2.24, 2.45) is 11.1 Å². The van der Waals surface area contributed by atoms with Crippen LogP contribution in [0.15, 0.2) is 5.38 Å². The second kappa shape index (κ2) is 5.14. The second-order valence-corrected chi connectivity index (χ2v) is 6.46. The van der Waals surface area contributed by atoms with E-state index in [4.69, 9.17) is 5.73 Å². The monoisotopic (exact) mass is 255 g/mol. The van der Waals surface area contributed by atoms with Gasteiger partial charge in [0.1, 0.15) is 0 Å². The molecule has 0 bridgehead atoms. The summed E-state index contributed by atoms with van der Waals surface area (Å²) in [5.41, 5.74) is 6.65. The van der Waals surface area contributed by atoms with Gasteiger partial charge < -0.3 is 10.6 Å². The Balaban J connectivity index is 2.65. The molecule has 1 amide bonds. The van der Waals surface area contributed by atoms with Crippen molar-refractivity contribution < 1.29 is 4.79 Å². The van der Waals surface area contributed by atoms with Crippen molar-refractivity contribution in [3.63, 3.8) is 0 Å². The van der Waals surface area contributed by atoms with Crippen LogP contribution in [0.1, 0.15) is 31.5 Å². The number of hydrogen-bond acceptors (Lipinski definition) is 4. The largest absolute Gasteiger partial charge is 0.338 e. The Hall–Kier alpha value is -0.940. The van der Waals surface area contributed by atoms with E-state index < -0.39 is 6.04 Å². The van der Waals surface area contributed by atoms with Crippen LogP contribution in [0.4, 0.5) is 0 Å². The van der Waals surface area contributed by atoms with Crippen molar-refractivity contribution >= 4 is 17.2 Å². The van der Waals surface area contributed by atoms with Gasteiger partial charge in [-0.1, -0.05) is 20.8 Å². The number of likely N-dealkylation sites (N-methyl/N-ethyl adjacent to an activating group) is 1. The first kappa shape index (κ1) is 14.1. The van der Waals surface area contributed by atoms with Gasteiger partial charge in [-0.2, -0.15) is 0 Å². The van der Waals surface area contributed by atoms with Crippen LogP contribution in [0.5, 0.6) is 0 Å². The van der Waals surface area contributed by atoms with E-state index in [1.54, 1.807) is 23.3 Å². The predicted octanol–water partition coefficient (Wildman–Crippen LogP) is 1.78. The number of nitrogens with two attached hydrogens (primary N) is 1. The lowest BCUT2D eigenvalue weighted by atomic mass is 9.86. The standard InChI is InChI=1S/C12H21N3OS/c1-8-14-9(7-17-8)6-15(5)11(16)10(13)12(2,3)4/h7,10H,6,13H2,1-5H3/t10-/m0/s1. The molecule has 1 aromatic heterocycles. The van der Waals surface area contributed by atoms with Crippen LogP contribution in [0.25, 0.3) is 0 Å². The van der Waals surface area contributed by atoms with Crippen LogP contribution in [0.3, 0.4) is 0 Å². The Morgan fingerprint density at radius 3 is 2.59 bits per heavy atom. The number of carbonyl (C=O) groups is 1. The third-order valence-corrected chi connectivity index (χ3v) is 3.46. The van der Waals surface area contributed by atoms with E-state index in [0.717, 1.165) is 10.7 Å². The van der Waals surface area contributed by atoms with Gasteiger partial charge in [-0.3, -0.25) is 4.79 Å². The molecule has 1 aromatic rings. The Morgan fingerprint density at radius 1 is 1.59 bits per heavy atom. The minimum Gasteiger partial charge on any atom is -0.338 e. The van der Waals surface area contributed by atoms with E-state index in [2.05, 4.69) is 4.98 Å². The minimum absolute atomic E-state index is 0.0387. The molecule has 1 heterocycles. The minimum atomic E-state index is -0.479. The number of carbonyl (C=O) groups excluding carboxylic acids is 1. The maximum atomic E-state index is 12.1. The summed E-state index contributed by atoms with van der Waals surface area (Å²) in [4.78, 5) is 18.1. The molecule has 0 aliphatic heterocycles. The van der Waals surface area contributed by atoms with Crippen molar-refractivity contribution in [1.82, 2.24) is 9.88 Å². The summed E-state index contributed by atoms with van der Waals surface area (Å²) >= 11 is 1.59. The van der Waals surface area contributed by atoms with Gasteiger partial charge in [0.2, 0.25) is 5.91 Å². The van der Waals surface area contributed by atoms with Crippen LogP contribution in [0, 0.1) is 12.3 Å². The number of aromatic nitrogens is 1. The molecule has 96 valence electrons. The topological polar surface area (TPSA) is 59.2 Å². The average Bonchev–Trinajstić information content (AvgIpc) is 2.60. The lowest BCUT2D eigenvalue weighted by Crippen LogP contribution is -2.48. The first-order valence-electron chi connectivity index (χ1n) is 5.63. The highest BCUT2D eigenvalue weighted by molar-refractivity contribution is 7.09. The summed E-state index contributed by atoms with van der Waals surface area (Å²) < 4.78 is 0. The number of thiazole rings is 1. The molecule has 0 aromatic carbocycles. The maximum absolute atomic E-state index is 12.1. The number of aryl methyl sites for hydroxylation is 1. The number of nitrogens with zero attached hydrogens (tertiary/aromatic N) is 2. The van der Waals surface area contributed by atoms with E-state index >= 15 is 0 Å². The zero-order valence-electron chi connectivity index (χ0n) is 11.2. The van der Waals surface area contributed by atoms with Gasteiger partial charge in [0.25, 0.3) is 0 Å². The van der Waals surface area contributed by atoms with Crippen molar-refractivity contribution in [1.29, 1.82) is 0 Å². The summed E-state index contributed by atoms with van der Waals surface area (Å²) in [6.07, 6.45) is 0. The Labute approximate surface area is 107 Å². The fourth-order valence-corrected chi connectivity index (χ4v) is 2.01. The zero-order chi connectivity index (χ0) is 13.2. The quantitative estimate of drug-likeness (QED) is 0.895. The third kappa shape index (κ3) is 3.78. The van der Waals surface area contributed by atoms with E-state index in [9.17, 15) is 4.79 Å². The van der Waals surface area contributed by atoms with Crippen molar-refractivity contribution in [3.05, 3.63) is 16.1 Å². The van der Waals surface area contributed by atoms with Crippen molar-refractivity contribution in [2.45, 2.75) is 40.3 Å². The molecule has 0 radical (unpaired) electrons. The smallest absolute Gasteiger partial charge is 0.240 e. The number of rotatable bonds is 3. The maximum Gasteiger partial charge on any atom is 0.240 e. The van der Waals surface area contributed by atoms with Crippen LogP contribution in [0.2, 0.25) is 0 Å². The highest BCUT2D eigenvalue weighted by Gasteiger charge is 2.29. The van der Waals surface area contributed by atoms with E-state index in [1.807, 2.05) is 33.1 Å². The molecule has 0 saturated heterocycles. The molecule has 1 rings (SSSR count). The molecule has 2 N–H and O–H groups in total. The van der Waals surface area contributed by atoms with Gasteiger partial charge in [-0.15, -0.1) is 11.3 Å². The van der Waals surface area contributed by atoms with Crippen LogP contribution < -0.4 is 5.73 Å². The highest BCUT2D eigenvalue weighted by Crippen LogP contribution is 2.19. The fraction of sp³-hybridized carbons (Fsp3) is 0.667. The first-order valence-corrected chi connectivity index (χ1v) is 6.51. The molecule has 0 saturated carbocycles. The van der Waals surface area contributed by atoms with E-state index in [0.29, 0.717) is 6.54 Å². The zero-order valence-corrected chi connectivity index (χ0v) is 12.0. The lowest BCUT2D eigenvalue weighted by molar-refractivity contribution is -0.134. The average molecular weight is 255 g/mol. The number of amides is 1. The molecule has 0 aliphatic carbocycles. The third-order valence-electron chi connectivity index (χ3n) is 2.64. The molecule has 1 atom stereocenters. The van der Waals surface area contributed by atoms with Gasteiger partial charge in [-0.05, 0) is 12.3 Å². The fourth-order valence-electron chi connectivity index (χ4n) is 1.41. The Kier molecular flexibility index (Phi) is 4.27. The van der Waals surface area contributed by atoms with Gasteiger partial charge in [0.05, 0.1) is 23.3 Å². The Bertz CT molecular complexity index is 395. The first-order chi connectivity index (χ1) is 7.71. The lowest BCUT2D eigenvalue weighted by Gasteiger charge is -2.29. The van der Waals surface area contributed by atoms with E-state index in [1.165, 1.54) is 0 Å². The second-order valence-electron chi connectivity index (χ2n) is 5.40. The van der Waals surface area contributed by atoms with Gasteiger partial charge in [0.15, 0.2) is 0 Å². The van der Waals surface area contributed by atoms with Crippen LogP contribution >= 0.6 is 11.3 Å². The predicted molar refractivity (Wildman–Crippen MR) is 70.8 cm³/mol. The molecule has 17 heavy (non-hydrogen) atoms. The highest BCUT2D eigenvalue weighted by atomic mass is 32.1. The molecule has 5 heteroatoms.